The van der Waals surface area contributed by atoms with E-state index in [1.165, 1.54) is 0 Å². The van der Waals surface area contributed by atoms with Gasteiger partial charge in [0.05, 0.1) is 5.52 Å². The number of rotatable bonds is 1. The van der Waals surface area contributed by atoms with E-state index >= 15 is 0 Å². The van der Waals surface area contributed by atoms with Crippen LogP contribution in [-0.4, -0.2) is 10.2 Å². The Morgan fingerprint density at radius 3 is 2.27 bits per heavy atom. The van der Waals surface area contributed by atoms with Gasteiger partial charge in [-0.1, -0.05) is 56.6 Å². The summed E-state index contributed by atoms with van der Waals surface area (Å²) in [6, 6.07) is 11.3. The van der Waals surface area contributed by atoms with Crippen molar-refractivity contribution in [1.29, 1.82) is 0 Å². The maximum Gasteiger partial charge on any atom is 0.253 e. The van der Waals surface area contributed by atoms with Gasteiger partial charge in [0.1, 0.15) is 0 Å². The summed E-state index contributed by atoms with van der Waals surface area (Å²) in [4.78, 5) is 16.7. The highest BCUT2D eigenvalue weighted by Crippen LogP contribution is 2.35. The number of aromatic nitrogens is 1. The fourth-order valence-electron chi connectivity index (χ4n) is 2.56. The van der Waals surface area contributed by atoms with Gasteiger partial charge in [0.15, 0.2) is 0 Å². The van der Waals surface area contributed by atoms with E-state index in [9.17, 15) is 4.79 Å². The Balaban J connectivity index is 2.55. The summed E-state index contributed by atoms with van der Waals surface area (Å²) in [5.41, 5.74) is 1.85. The van der Waals surface area contributed by atoms with Crippen molar-refractivity contribution in [3.05, 3.63) is 52.7 Å². The third-order valence-corrected chi connectivity index (χ3v) is 4.27. The minimum atomic E-state index is -0.496. The molecule has 0 fully saturated rings. The Morgan fingerprint density at radius 2 is 1.68 bits per heavy atom. The summed E-state index contributed by atoms with van der Waals surface area (Å²) in [6.45, 7) is 6.17. The molecule has 0 bridgehead atoms. The summed E-state index contributed by atoms with van der Waals surface area (Å²) in [7, 11) is 0. The highest BCUT2D eigenvalue weighted by atomic mass is 35.5. The summed E-state index contributed by atoms with van der Waals surface area (Å²) in [5.74, 6) is 0. The molecule has 2 aromatic carbocycles. The quantitative estimate of drug-likeness (QED) is 0.421. The van der Waals surface area contributed by atoms with Gasteiger partial charge in [-0.05, 0) is 23.7 Å². The van der Waals surface area contributed by atoms with Crippen molar-refractivity contribution in [2.45, 2.75) is 26.2 Å². The molecular formula is C18H15Cl2NO. The first kappa shape index (κ1) is 15.3. The summed E-state index contributed by atoms with van der Waals surface area (Å²) >= 11 is 12.2. The van der Waals surface area contributed by atoms with Crippen molar-refractivity contribution in [2.75, 3.05) is 0 Å². The number of pyridine rings is 1. The second kappa shape index (κ2) is 5.22. The molecule has 0 aliphatic rings. The highest BCUT2D eigenvalue weighted by molar-refractivity contribution is 6.68. The van der Waals surface area contributed by atoms with E-state index in [0.29, 0.717) is 16.0 Å². The second-order valence-corrected chi connectivity index (χ2v) is 7.13. The van der Waals surface area contributed by atoms with Gasteiger partial charge in [-0.3, -0.25) is 9.78 Å². The lowest BCUT2D eigenvalue weighted by Crippen LogP contribution is -2.14. The molecular weight excluding hydrogens is 317 g/mol. The van der Waals surface area contributed by atoms with Crippen molar-refractivity contribution < 1.29 is 4.79 Å². The summed E-state index contributed by atoms with van der Waals surface area (Å²) < 4.78 is 0. The van der Waals surface area contributed by atoms with E-state index in [1.807, 2.05) is 24.3 Å². The first-order valence-corrected chi connectivity index (χ1v) is 7.77. The molecule has 0 saturated heterocycles. The smallest absolute Gasteiger partial charge is 0.253 e. The Labute approximate surface area is 139 Å². The van der Waals surface area contributed by atoms with Crippen LogP contribution >= 0.6 is 23.2 Å². The van der Waals surface area contributed by atoms with Crippen molar-refractivity contribution in [3.8, 4) is 0 Å². The topological polar surface area (TPSA) is 30.0 Å². The van der Waals surface area contributed by atoms with Crippen LogP contribution in [0.15, 0.2) is 36.4 Å². The number of nitrogens with zero attached hydrogens (tertiary/aromatic N) is 1. The number of carbonyl (C=O) groups excluding carboxylic acids is 1. The van der Waals surface area contributed by atoms with Crippen LogP contribution in [-0.2, 0) is 5.41 Å². The Hall–Kier alpha value is -1.64. The molecule has 0 N–H and O–H groups in total. The summed E-state index contributed by atoms with van der Waals surface area (Å²) in [5, 5.41) is 2.63. The molecule has 3 aromatic rings. The monoisotopic (exact) mass is 331 g/mol. The average Bonchev–Trinajstić information content (AvgIpc) is 2.45. The number of carbonyl (C=O) groups is 1. The third-order valence-electron chi connectivity index (χ3n) is 3.75. The van der Waals surface area contributed by atoms with E-state index in [-0.39, 0.29) is 5.41 Å². The van der Waals surface area contributed by atoms with Crippen LogP contribution in [0, 0.1) is 0 Å². The van der Waals surface area contributed by atoms with Crippen LogP contribution < -0.4 is 0 Å². The van der Waals surface area contributed by atoms with Gasteiger partial charge in [-0.15, -0.1) is 0 Å². The maximum atomic E-state index is 11.9. The van der Waals surface area contributed by atoms with E-state index in [0.717, 1.165) is 22.0 Å². The predicted molar refractivity (Wildman–Crippen MR) is 93.1 cm³/mol. The largest absolute Gasteiger partial charge is 0.276 e. The molecule has 0 aliphatic heterocycles. The number of halogens is 2. The lowest BCUT2D eigenvalue weighted by atomic mass is 9.89. The highest BCUT2D eigenvalue weighted by Gasteiger charge is 2.21. The molecule has 0 radical (unpaired) electrons. The van der Waals surface area contributed by atoms with Crippen molar-refractivity contribution in [2.24, 2.45) is 0 Å². The first-order valence-electron chi connectivity index (χ1n) is 7.01. The van der Waals surface area contributed by atoms with E-state index < -0.39 is 5.24 Å². The molecule has 22 heavy (non-hydrogen) atoms. The van der Waals surface area contributed by atoms with Gasteiger partial charge in [-0.25, -0.2) is 0 Å². The number of hydrogen-bond donors (Lipinski definition) is 0. The lowest BCUT2D eigenvalue weighted by molar-refractivity contribution is 0.108. The normalized spacial score (nSPS) is 12.0. The van der Waals surface area contributed by atoms with E-state index in [4.69, 9.17) is 28.2 Å². The molecule has 1 heterocycles. The van der Waals surface area contributed by atoms with Crippen LogP contribution in [0.4, 0.5) is 0 Å². The van der Waals surface area contributed by atoms with Gasteiger partial charge < -0.3 is 0 Å². The fraction of sp³-hybridized carbons (Fsp3) is 0.222. The van der Waals surface area contributed by atoms with Crippen LogP contribution in [0.5, 0.6) is 0 Å². The minimum Gasteiger partial charge on any atom is -0.276 e. The second-order valence-electron chi connectivity index (χ2n) is 6.38. The van der Waals surface area contributed by atoms with Gasteiger partial charge in [0.2, 0.25) is 0 Å². The standard InChI is InChI=1S/C18H15Cl2NO/c1-18(2,3)15-9-13(17(20)22)12-8-14(19)10-6-4-5-7-11(10)16(12)21-15/h4-9H,1-3H3. The molecule has 0 aliphatic carbocycles. The Morgan fingerprint density at radius 1 is 1.05 bits per heavy atom. The number of benzene rings is 2. The third kappa shape index (κ3) is 2.47. The predicted octanol–water partition coefficient (Wildman–Crippen LogP) is 5.72. The molecule has 0 saturated carbocycles. The van der Waals surface area contributed by atoms with Crippen LogP contribution in [0.1, 0.15) is 36.8 Å². The van der Waals surface area contributed by atoms with Crippen molar-refractivity contribution in [1.82, 2.24) is 4.98 Å². The van der Waals surface area contributed by atoms with Crippen LogP contribution in [0.25, 0.3) is 21.7 Å². The zero-order valence-electron chi connectivity index (χ0n) is 12.6. The van der Waals surface area contributed by atoms with Gasteiger partial charge in [0, 0.05) is 37.9 Å². The number of fused-ring (bicyclic) bond motifs is 3. The fourth-order valence-corrected chi connectivity index (χ4v) is 2.99. The van der Waals surface area contributed by atoms with Crippen LogP contribution in [0.3, 0.4) is 0 Å². The first-order chi connectivity index (χ1) is 10.3. The average molecular weight is 332 g/mol. The van der Waals surface area contributed by atoms with Crippen molar-refractivity contribution in [3.63, 3.8) is 0 Å². The van der Waals surface area contributed by atoms with Crippen molar-refractivity contribution >= 4 is 50.1 Å². The van der Waals surface area contributed by atoms with Gasteiger partial charge in [0.25, 0.3) is 5.24 Å². The SMILES string of the molecule is CC(C)(C)c1cc(C(=O)Cl)c2cc(Cl)c3ccccc3c2n1. The van der Waals surface area contributed by atoms with E-state index in [1.54, 1.807) is 12.1 Å². The number of hydrogen-bond acceptors (Lipinski definition) is 2. The molecule has 1 aromatic heterocycles. The lowest BCUT2D eigenvalue weighted by Gasteiger charge is -2.20. The molecule has 0 spiro atoms. The minimum absolute atomic E-state index is 0.185. The molecule has 0 atom stereocenters. The Bertz CT molecular complexity index is 910. The molecule has 0 amide bonds. The maximum absolute atomic E-state index is 11.9. The molecule has 112 valence electrons. The van der Waals surface area contributed by atoms with Gasteiger partial charge >= 0.3 is 0 Å². The Kier molecular flexibility index (Phi) is 3.62. The molecule has 3 rings (SSSR count). The van der Waals surface area contributed by atoms with Gasteiger partial charge in [-0.2, -0.15) is 0 Å². The van der Waals surface area contributed by atoms with E-state index in [2.05, 4.69) is 20.8 Å². The molecule has 4 heteroatoms. The molecule has 0 unspecified atom stereocenters. The zero-order chi connectivity index (χ0) is 16.1. The molecule has 2 nitrogen and oxygen atoms in total. The van der Waals surface area contributed by atoms with Crippen LogP contribution in [0.2, 0.25) is 5.02 Å². The summed E-state index contributed by atoms with van der Waals surface area (Å²) in [6.07, 6.45) is 0. The zero-order valence-corrected chi connectivity index (χ0v) is 14.1.